The summed E-state index contributed by atoms with van der Waals surface area (Å²) in [6.07, 6.45) is 1.67. The standard InChI is InChI=1S/C57H72N22O13/c1-29(71-45(80)10-2-3-20-67-54(59)60)46(81)72-30-12-16-42-35(26-30)51(86)77(90-42)39(8-5-22-69-56(63)64)48(83)74-32-14-18-44-37(28-32)53(88)79(92-44)40(9-6-23-70-57(65)66)49(84)75-33-13-17-43-36(27-33)52(87)78(91-43)38(7-4-21-68-55(61)62)47(82)73-31-11-15-41-34(25-31)50(85)76(89-41)24-19-58/h11-18,25-29,38-40H,2-10,19-24,58H2,1H3,(H,71,80)(H,72,81)(H,73,82)(H,74,83)(H,75,84)(H4,59,60,67)(H4,61,62,68)(H4,63,64,69)(H4,65,66,70)/t29-,38-,39-,40-/m1/s1. The van der Waals surface area contributed by atoms with Crippen LogP contribution in [0.4, 0.5) is 22.7 Å². The molecule has 4 heterocycles. The Morgan fingerprint density at radius 3 is 1.10 bits per heavy atom. The van der Waals surface area contributed by atoms with Gasteiger partial charge < -0.3 is 94.6 Å². The Bertz CT molecular complexity index is 4360. The smallest absolute Gasteiger partial charge is 0.291 e. The number of nitrogens with one attached hydrogen (secondary N) is 13. The first-order valence-corrected chi connectivity index (χ1v) is 29.1. The van der Waals surface area contributed by atoms with Crippen molar-refractivity contribution >= 4 is 120 Å². The van der Waals surface area contributed by atoms with Crippen LogP contribution in [0.2, 0.25) is 0 Å². The molecule has 0 saturated carbocycles. The predicted octanol–water partition coefficient (Wildman–Crippen LogP) is 0.703. The van der Waals surface area contributed by atoms with Crippen LogP contribution in [0.3, 0.4) is 0 Å². The molecule has 35 nitrogen and oxygen atoms in total. The molecule has 0 saturated heterocycles. The number of benzene rings is 4. The predicted molar refractivity (Wildman–Crippen MR) is 341 cm³/mol. The van der Waals surface area contributed by atoms with Crippen LogP contribution in [0.15, 0.2) is 110 Å². The van der Waals surface area contributed by atoms with Crippen molar-refractivity contribution in [3.63, 3.8) is 0 Å². The van der Waals surface area contributed by atoms with E-state index in [1.54, 1.807) is 0 Å². The Hall–Kier alpha value is -11.7. The number of fused-ring (bicyclic) bond motifs is 4. The molecule has 4 atom stereocenters. The van der Waals surface area contributed by atoms with Gasteiger partial charge in [0.05, 0.1) is 28.1 Å². The average molecular weight is 1270 g/mol. The number of amides is 5. The van der Waals surface area contributed by atoms with Gasteiger partial charge in [-0.1, -0.05) is 0 Å². The maximum atomic E-state index is 14.4. The Morgan fingerprint density at radius 2 is 0.761 bits per heavy atom. The van der Waals surface area contributed by atoms with Crippen molar-refractivity contribution in [3.05, 3.63) is 114 Å². The number of carbonyl (C=O) groups is 5. The van der Waals surface area contributed by atoms with Crippen molar-refractivity contribution in [2.24, 2.45) is 28.7 Å². The second kappa shape index (κ2) is 30.0. The van der Waals surface area contributed by atoms with Gasteiger partial charge in [-0.2, -0.15) is 19.0 Å². The molecule has 23 N–H and O–H groups in total. The van der Waals surface area contributed by atoms with Gasteiger partial charge in [-0.15, -0.1) is 0 Å². The second-order valence-electron chi connectivity index (χ2n) is 21.3. The maximum Gasteiger partial charge on any atom is 0.291 e. The Morgan fingerprint density at radius 1 is 0.446 bits per heavy atom. The largest absolute Gasteiger partial charge is 0.376 e. The number of nitrogens with zero attached hydrogens (tertiary/aromatic N) is 4. The lowest BCUT2D eigenvalue weighted by Crippen LogP contribution is -2.41. The molecule has 488 valence electrons. The number of carbonyl (C=O) groups excluding carboxylic acids is 5. The van der Waals surface area contributed by atoms with Crippen LogP contribution in [-0.4, -0.2) is 111 Å². The second-order valence-corrected chi connectivity index (χ2v) is 21.3. The van der Waals surface area contributed by atoms with Crippen LogP contribution in [-0.2, 0) is 30.5 Å². The van der Waals surface area contributed by atoms with Crippen molar-refractivity contribution in [2.75, 3.05) is 54.0 Å². The van der Waals surface area contributed by atoms with Crippen molar-refractivity contribution < 1.29 is 42.1 Å². The molecule has 0 spiro atoms. The average Bonchev–Trinajstić information content (AvgIpc) is 1.66. The summed E-state index contributed by atoms with van der Waals surface area (Å²) >= 11 is 0. The molecule has 0 fully saturated rings. The third kappa shape index (κ3) is 16.5. The van der Waals surface area contributed by atoms with E-state index < -0.39 is 70.0 Å². The Balaban J connectivity index is 1.01. The van der Waals surface area contributed by atoms with E-state index in [-0.39, 0.29) is 174 Å². The number of guanidine groups is 4. The van der Waals surface area contributed by atoms with Gasteiger partial charge in [0.1, 0.15) is 24.2 Å². The van der Waals surface area contributed by atoms with E-state index in [9.17, 15) is 43.2 Å². The molecule has 92 heavy (non-hydrogen) atoms. The van der Waals surface area contributed by atoms with E-state index in [4.69, 9.17) is 68.4 Å². The van der Waals surface area contributed by atoms with E-state index in [0.29, 0.717) is 19.4 Å². The molecule has 0 aliphatic heterocycles. The monoisotopic (exact) mass is 1270 g/mol. The highest BCUT2D eigenvalue weighted by atomic mass is 16.5. The van der Waals surface area contributed by atoms with Gasteiger partial charge in [0.25, 0.3) is 40.0 Å². The molecule has 4 aromatic heterocycles. The molecule has 5 amide bonds. The summed E-state index contributed by atoms with van der Waals surface area (Å²) in [5.41, 5.74) is 25.5. The molecule has 8 rings (SSSR count). The zero-order chi connectivity index (χ0) is 66.3. The lowest BCUT2D eigenvalue weighted by Gasteiger charge is -2.16. The minimum Gasteiger partial charge on any atom is -0.376 e. The van der Waals surface area contributed by atoms with Crippen LogP contribution in [0.5, 0.6) is 0 Å². The van der Waals surface area contributed by atoms with Crippen molar-refractivity contribution in [1.82, 2.24) is 45.5 Å². The highest BCUT2D eigenvalue weighted by Crippen LogP contribution is 2.28. The quantitative estimate of drug-likeness (QED) is 0.0162. The first-order chi connectivity index (χ1) is 44.0. The normalized spacial score (nSPS) is 12.6. The molecule has 0 aliphatic rings. The number of rotatable bonds is 31. The minimum absolute atomic E-state index is 0.00103. The van der Waals surface area contributed by atoms with Gasteiger partial charge in [0.15, 0.2) is 46.2 Å². The highest BCUT2D eigenvalue weighted by Gasteiger charge is 2.31. The van der Waals surface area contributed by atoms with Crippen molar-refractivity contribution in [3.8, 4) is 0 Å². The maximum absolute atomic E-state index is 14.4. The molecule has 4 aromatic carbocycles. The summed E-state index contributed by atoms with van der Waals surface area (Å²) in [6.45, 7) is 2.58. The van der Waals surface area contributed by atoms with Gasteiger partial charge in [-0.25, -0.2) is 0 Å². The lowest BCUT2D eigenvalue weighted by molar-refractivity contribution is -0.126. The molecule has 35 heteroatoms. The fraction of sp³-hybridized carbons (Fsp3) is 0.351. The summed E-state index contributed by atoms with van der Waals surface area (Å²) in [6, 6.07) is 12.0. The summed E-state index contributed by atoms with van der Waals surface area (Å²) < 4.78 is 27.2. The highest BCUT2D eigenvalue weighted by molar-refractivity contribution is 6.00. The third-order valence-corrected chi connectivity index (χ3v) is 14.5. The molecule has 0 unspecified atom stereocenters. The number of hydrogen-bond donors (Lipinski definition) is 18. The van der Waals surface area contributed by atoms with Crippen LogP contribution in [0.1, 0.15) is 82.8 Å². The third-order valence-electron chi connectivity index (χ3n) is 14.5. The zero-order valence-corrected chi connectivity index (χ0v) is 49.8. The van der Waals surface area contributed by atoms with Gasteiger partial charge in [0.2, 0.25) is 11.8 Å². The van der Waals surface area contributed by atoms with E-state index in [2.05, 4.69) is 47.9 Å². The molecule has 0 bridgehead atoms. The summed E-state index contributed by atoms with van der Waals surface area (Å²) in [5, 5.41) is 54.2. The van der Waals surface area contributed by atoms with Gasteiger partial charge >= 0.3 is 0 Å². The number of nitrogens with two attached hydrogens (primary N) is 5. The summed E-state index contributed by atoms with van der Waals surface area (Å²) in [5.74, 6) is -4.34. The summed E-state index contributed by atoms with van der Waals surface area (Å²) in [7, 11) is 0. The lowest BCUT2D eigenvalue weighted by atomic mass is 10.1. The van der Waals surface area contributed by atoms with E-state index in [0.717, 1.165) is 19.0 Å². The molecule has 0 aliphatic carbocycles. The summed E-state index contributed by atoms with van der Waals surface area (Å²) in [4.78, 5) is 124. The van der Waals surface area contributed by atoms with Crippen molar-refractivity contribution in [2.45, 2.75) is 95.4 Å². The zero-order valence-electron chi connectivity index (χ0n) is 49.8. The first kappa shape index (κ1) is 66.3. The fourth-order valence-electron chi connectivity index (χ4n) is 9.95. The molecule has 8 aromatic rings. The van der Waals surface area contributed by atoms with E-state index >= 15 is 0 Å². The van der Waals surface area contributed by atoms with Crippen LogP contribution in [0.25, 0.3) is 43.9 Å². The van der Waals surface area contributed by atoms with Gasteiger partial charge in [-0.05, 0) is 131 Å². The minimum atomic E-state index is -1.38. The number of anilines is 4. The SMILES string of the molecule is C[C@@H](NC(=O)CCCCNC(=N)N)C(=O)Nc1ccc2on([C@H](CCCNC(=N)N)C(=O)Nc3ccc4on([C@H](CCCNC(=N)N)C(=O)Nc5ccc6on([C@H](CCCNC(=N)N)C(=O)Nc7ccc8on(CCN)c(=O)c8c7)c(=O)c6c5)c(=O)c4c3)c(=O)c2c1. The molecular weight excluding hydrogens is 1200 g/mol. The van der Waals surface area contributed by atoms with Crippen LogP contribution < -0.4 is 98.8 Å². The van der Waals surface area contributed by atoms with E-state index in [1.807, 2.05) is 0 Å². The molecule has 0 radical (unpaired) electrons. The van der Waals surface area contributed by atoms with Crippen LogP contribution in [0, 0.1) is 21.6 Å². The number of unbranched alkanes of at least 4 members (excludes halogenated alkanes) is 1. The Labute approximate surface area is 519 Å². The number of aromatic nitrogens is 4. The van der Waals surface area contributed by atoms with E-state index in [1.165, 1.54) is 79.7 Å². The first-order valence-electron chi connectivity index (χ1n) is 29.1. The van der Waals surface area contributed by atoms with Crippen molar-refractivity contribution in [1.29, 1.82) is 21.6 Å². The van der Waals surface area contributed by atoms with Crippen LogP contribution >= 0.6 is 0 Å². The number of hydrogen-bond acceptors (Lipinski definition) is 18. The fourth-order valence-corrected chi connectivity index (χ4v) is 9.95. The molecular formula is C57H72N22O13. The topological polar surface area (TPSA) is 560 Å². The van der Waals surface area contributed by atoms with Gasteiger partial charge in [0, 0.05) is 61.9 Å². The van der Waals surface area contributed by atoms with Gasteiger partial charge in [-0.3, -0.25) is 64.8 Å². The Kier molecular flexibility index (Phi) is 21.6.